The number of aryl methyl sites for hydroxylation is 1. The van der Waals surface area contributed by atoms with Crippen molar-refractivity contribution in [2.75, 3.05) is 12.3 Å². The summed E-state index contributed by atoms with van der Waals surface area (Å²) in [6.07, 6.45) is -3.50. The zero-order valence-electron chi connectivity index (χ0n) is 10.8. The van der Waals surface area contributed by atoms with Crippen LogP contribution in [0.3, 0.4) is 0 Å². The van der Waals surface area contributed by atoms with Crippen molar-refractivity contribution in [3.05, 3.63) is 29.1 Å². The maximum absolute atomic E-state index is 13.9. The summed E-state index contributed by atoms with van der Waals surface area (Å²) >= 11 is 0. The molecule has 110 valence electrons. The number of carbonyl (C=O) groups is 1. The minimum atomic E-state index is -4.51. The van der Waals surface area contributed by atoms with Gasteiger partial charge in [0.1, 0.15) is 12.4 Å². The van der Waals surface area contributed by atoms with E-state index >= 15 is 0 Å². The molecule has 0 aromatic heterocycles. The van der Waals surface area contributed by atoms with E-state index in [9.17, 15) is 22.4 Å². The maximum atomic E-state index is 13.9. The van der Waals surface area contributed by atoms with Crippen molar-refractivity contribution in [1.82, 2.24) is 4.90 Å². The standard InChI is InChI=1S/C13H14F4N2O/c1-7-4-8(18)5-10(11(7)14)12(20)19(9-2-3-9)6-13(15,16)17/h4-5,9H,2-3,6,18H2,1H3. The Labute approximate surface area is 113 Å². The highest BCUT2D eigenvalue weighted by molar-refractivity contribution is 5.96. The predicted molar refractivity (Wildman–Crippen MR) is 65.7 cm³/mol. The van der Waals surface area contributed by atoms with Crippen molar-refractivity contribution < 1.29 is 22.4 Å². The summed E-state index contributed by atoms with van der Waals surface area (Å²) in [6, 6.07) is 1.94. The van der Waals surface area contributed by atoms with Crippen LogP contribution in [0, 0.1) is 12.7 Å². The Morgan fingerprint density at radius 3 is 2.50 bits per heavy atom. The first-order valence-electron chi connectivity index (χ1n) is 6.12. The van der Waals surface area contributed by atoms with E-state index in [0.717, 1.165) is 6.07 Å². The first kappa shape index (κ1) is 14.6. The number of anilines is 1. The van der Waals surface area contributed by atoms with Gasteiger partial charge < -0.3 is 10.6 Å². The third kappa shape index (κ3) is 3.20. The van der Waals surface area contributed by atoms with Crippen LogP contribution in [-0.2, 0) is 0 Å². The van der Waals surface area contributed by atoms with Gasteiger partial charge in [0, 0.05) is 11.7 Å². The second-order valence-electron chi connectivity index (χ2n) is 4.98. The van der Waals surface area contributed by atoms with Crippen LogP contribution in [0.25, 0.3) is 0 Å². The van der Waals surface area contributed by atoms with Crippen molar-refractivity contribution in [1.29, 1.82) is 0 Å². The van der Waals surface area contributed by atoms with E-state index in [1.807, 2.05) is 0 Å². The van der Waals surface area contributed by atoms with Crippen molar-refractivity contribution in [2.45, 2.75) is 32.0 Å². The fraction of sp³-hybridized carbons (Fsp3) is 0.462. The molecule has 2 rings (SSSR count). The van der Waals surface area contributed by atoms with Gasteiger partial charge in [0.05, 0.1) is 5.56 Å². The number of hydrogen-bond acceptors (Lipinski definition) is 2. The molecule has 1 aromatic carbocycles. The molecule has 1 aliphatic rings. The lowest BCUT2D eigenvalue weighted by Crippen LogP contribution is -2.41. The highest BCUT2D eigenvalue weighted by atomic mass is 19.4. The number of nitrogens with two attached hydrogens (primary N) is 1. The molecule has 0 aliphatic heterocycles. The molecule has 0 spiro atoms. The third-order valence-corrected chi connectivity index (χ3v) is 3.11. The Bertz CT molecular complexity index is 538. The Morgan fingerprint density at radius 1 is 1.40 bits per heavy atom. The zero-order chi connectivity index (χ0) is 15.1. The second-order valence-corrected chi connectivity index (χ2v) is 4.98. The van der Waals surface area contributed by atoms with Crippen LogP contribution in [0.1, 0.15) is 28.8 Å². The molecule has 0 radical (unpaired) electrons. The molecule has 3 nitrogen and oxygen atoms in total. The lowest BCUT2D eigenvalue weighted by atomic mass is 10.1. The molecular weight excluding hydrogens is 276 g/mol. The van der Waals surface area contributed by atoms with Gasteiger partial charge in [0.25, 0.3) is 5.91 Å². The summed E-state index contributed by atoms with van der Waals surface area (Å²) in [4.78, 5) is 12.8. The molecule has 1 aromatic rings. The van der Waals surface area contributed by atoms with E-state index in [1.54, 1.807) is 0 Å². The van der Waals surface area contributed by atoms with Crippen LogP contribution in [-0.4, -0.2) is 29.6 Å². The van der Waals surface area contributed by atoms with E-state index in [1.165, 1.54) is 13.0 Å². The molecule has 7 heteroatoms. The normalized spacial score (nSPS) is 15.2. The van der Waals surface area contributed by atoms with Crippen molar-refractivity contribution in [3.8, 4) is 0 Å². The van der Waals surface area contributed by atoms with E-state index in [0.29, 0.717) is 17.7 Å². The average Bonchev–Trinajstić information content (AvgIpc) is 3.12. The summed E-state index contributed by atoms with van der Waals surface area (Å²) in [5.74, 6) is -1.78. The molecule has 0 atom stereocenters. The smallest absolute Gasteiger partial charge is 0.399 e. The Hall–Kier alpha value is -1.79. The highest BCUT2D eigenvalue weighted by Crippen LogP contribution is 2.32. The second kappa shape index (κ2) is 4.96. The van der Waals surface area contributed by atoms with Gasteiger partial charge >= 0.3 is 6.18 Å². The summed E-state index contributed by atoms with van der Waals surface area (Å²) in [7, 11) is 0. The Kier molecular flexibility index (Phi) is 3.62. The Balaban J connectivity index is 2.33. The van der Waals surface area contributed by atoms with Crippen LogP contribution in [0.15, 0.2) is 12.1 Å². The van der Waals surface area contributed by atoms with Gasteiger partial charge in [0.15, 0.2) is 0 Å². The molecule has 2 N–H and O–H groups in total. The number of alkyl halides is 3. The van der Waals surface area contributed by atoms with E-state index < -0.39 is 36.1 Å². The van der Waals surface area contributed by atoms with Gasteiger partial charge in [0.2, 0.25) is 0 Å². The predicted octanol–water partition coefficient (Wildman–Crippen LogP) is 2.88. The SMILES string of the molecule is Cc1cc(N)cc(C(=O)N(CC(F)(F)F)C2CC2)c1F. The Morgan fingerprint density at radius 2 is 2.00 bits per heavy atom. The number of nitrogens with zero attached hydrogens (tertiary/aromatic N) is 1. The van der Waals surface area contributed by atoms with Crippen LogP contribution in [0.2, 0.25) is 0 Å². The van der Waals surface area contributed by atoms with Crippen LogP contribution < -0.4 is 5.73 Å². The van der Waals surface area contributed by atoms with E-state index in [2.05, 4.69) is 0 Å². The number of nitrogen functional groups attached to an aromatic ring is 1. The summed E-state index contributed by atoms with van der Waals surface area (Å²) < 4.78 is 51.5. The van der Waals surface area contributed by atoms with Gasteiger partial charge in [-0.05, 0) is 37.5 Å². The fourth-order valence-electron chi connectivity index (χ4n) is 2.05. The monoisotopic (exact) mass is 290 g/mol. The van der Waals surface area contributed by atoms with Gasteiger partial charge in [-0.2, -0.15) is 13.2 Å². The minimum absolute atomic E-state index is 0.135. The summed E-state index contributed by atoms with van der Waals surface area (Å²) in [5, 5.41) is 0. The van der Waals surface area contributed by atoms with Crippen molar-refractivity contribution in [3.63, 3.8) is 0 Å². The van der Waals surface area contributed by atoms with Crippen LogP contribution in [0.4, 0.5) is 23.2 Å². The molecule has 1 aliphatic carbocycles. The van der Waals surface area contributed by atoms with Crippen LogP contribution in [0.5, 0.6) is 0 Å². The van der Waals surface area contributed by atoms with Gasteiger partial charge in [-0.25, -0.2) is 4.39 Å². The van der Waals surface area contributed by atoms with Gasteiger partial charge in [-0.15, -0.1) is 0 Å². The number of amides is 1. The molecule has 1 fully saturated rings. The molecule has 20 heavy (non-hydrogen) atoms. The highest BCUT2D eigenvalue weighted by Gasteiger charge is 2.41. The first-order valence-corrected chi connectivity index (χ1v) is 6.12. The van der Waals surface area contributed by atoms with E-state index in [-0.39, 0.29) is 11.3 Å². The maximum Gasteiger partial charge on any atom is 0.406 e. The summed E-state index contributed by atoms with van der Waals surface area (Å²) in [5.41, 5.74) is 5.41. The zero-order valence-corrected chi connectivity index (χ0v) is 10.8. The molecule has 1 amide bonds. The number of benzene rings is 1. The topological polar surface area (TPSA) is 46.3 Å². The molecule has 0 saturated heterocycles. The molecule has 0 unspecified atom stereocenters. The average molecular weight is 290 g/mol. The quantitative estimate of drug-likeness (QED) is 0.687. The first-order chi connectivity index (χ1) is 9.19. The summed E-state index contributed by atoms with van der Waals surface area (Å²) in [6.45, 7) is 0.0392. The minimum Gasteiger partial charge on any atom is -0.399 e. The van der Waals surface area contributed by atoms with Gasteiger partial charge in [-0.3, -0.25) is 4.79 Å². The number of carbonyl (C=O) groups excluding carboxylic acids is 1. The van der Waals surface area contributed by atoms with Gasteiger partial charge in [-0.1, -0.05) is 0 Å². The van der Waals surface area contributed by atoms with E-state index in [4.69, 9.17) is 5.73 Å². The fourth-order valence-corrected chi connectivity index (χ4v) is 2.05. The molecule has 0 heterocycles. The lowest BCUT2D eigenvalue weighted by molar-refractivity contribution is -0.141. The molecular formula is C13H14F4N2O. The van der Waals surface area contributed by atoms with Crippen molar-refractivity contribution in [2.24, 2.45) is 0 Å². The molecule has 1 saturated carbocycles. The number of hydrogen-bond donors (Lipinski definition) is 1. The third-order valence-electron chi connectivity index (χ3n) is 3.11. The number of halogens is 4. The largest absolute Gasteiger partial charge is 0.406 e. The lowest BCUT2D eigenvalue weighted by Gasteiger charge is -2.24. The van der Waals surface area contributed by atoms with Crippen molar-refractivity contribution >= 4 is 11.6 Å². The molecule has 0 bridgehead atoms. The van der Waals surface area contributed by atoms with Crippen LogP contribution >= 0.6 is 0 Å². The number of rotatable bonds is 3.